The van der Waals surface area contributed by atoms with Crippen LogP contribution >= 0.6 is 0 Å². The molecule has 1 N–H and O–H groups in total. The van der Waals surface area contributed by atoms with Crippen molar-refractivity contribution in [1.82, 2.24) is 10.2 Å². The molecule has 0 unspecified atom stereocenters. The van der Waals surface area contributed by atoms with Gasteiger partial charge >= 0.3 is 0 Å². The molecule has 0 radical (unpaired) electrons. The first-order chi connectivity index (χ1) is 10.2. The van der Waals surface area contributed by atoms with Gasteiger partial charge in [-0.1, -0.05) is 12.1 Å². The van der Waals surface area contributed by atoms with Gasteiger partial charge in [0.05, 0.1) is 13.5 Å². The minimum atomic E-state index is 0.0981. The molecule has 21 heavy (non-hydrogen) atoms. The minimum absolute atomic E-state index is 0.0981. The molecule has 2 rings (SSSR count). The Bertz CT molecular complexity index is 468. The summed E-state index contributed by atoms with van der Waals surface area (Å²) in [7, 11) is 1.66. The zero-order valence-corrected chi connectivity index (χ0v) is 13.2. The molecule has 1 heterocycles. The van der Waals surface area contributed by atoms with Crippen LogP contribution in [0, 0.1) is 6.92 Å². The van der Waals surface area contributed by atoms with E-state index in [2.05, 4.69) is 10.2 Å². The van der Waals surface area contributed by atoms with Gasteiger partial charge in [-0.2, -0.15) is 0 Å². The molecule has 4 heteroatoms. The van der Waals surface area contributed by atoms with Crippen LogP contribution in [0.1, 0.15) is 30.4 Å². The van der Waals surface area contributed by atoms with E-state index in [0.717, 1.165) is 36.4 Å². The lowest BCUT2D eigenvalue weighted by Gasteiger charge is -2.14. The Hall–Kier alpha value is -1.55. The number of hydrogen-bond donors (Lipinski definition) is 1. The average Bonchev–Trinajstić information content (AvgIpc) is 2.97. The van der Waals surface area contributed by atoms with E-state index < -0.39 is 0 Å². The van der Waals surface area contributed by atoms with Gasteiger partial charge < -0.3 is 15.0 Å². The van der Waals surface area contributed by atoms with E-state index in [9.17, 15) is 4.79 Å². The molecule has 1 fully saturated rings. The van der Waals surface area contributed by atoms with Crippen molar-refractivity contribution in [1.29, 1.82) is 0 Å². The Labute approximate surface area is 127 Å². The number of hydrogen-bond acceptors (Lipinski definition) is 3. The van der Waals surface area contributed by atoms with Gasteiger partial charge in [0.2, 0.25) is 5.91 Å². The van der Waals surface area contributed by atoms with Crippen LogP contribution in [0.5, 0.6) is 5.75 Å². The van der Waals surface area contributed by atoms with E-state index in [0.29, 0.717) is 6.42 Å². The van der Waals surface area contributed by atoms with E-state index in [4.69, 9.17) is 4.74 Å². The molecule has 0 aliphatic carbocycles. The highest BCUT2D eigenvalue weighted by Gasteiger charge is 2.10. The van der Waals surface area contributed by atoms with Crippen LogP contribution < -0.4 is 10.1 Å². The number of carbonyl (C=O) groups excluding carboxylic acids is 1. The second-order valence-electron chi connectivity index (χ2n) is 5.73. The van der Waals surface area contributed by atoms with Gasteiger partial charge in [-0.05, 0) is 63.0 Å². The third-order valence-corrected chi connectivity index (χ3v) is 4.00. The second-order valence-corrected chi connectivity index (χ2v) is 5.73. The minimum Gasteiger partial charge on any atom is -0.496 e. The first kappa shape index (κ1) is 15.8. The summed E-state index contributed by atoms with van der Waals surface area (Å²) in [6.07, 6.45) is 4.12. The Balaban J connectivity index is 1.67. The van der Waals surface area contributed by atoms with Crippen LogP contribution in [0.25, 0.3) is 0 Å². The molecular formula is C17H26N2O2. The number of nitrogens with one attached hydrogen (secondary N) is 1. The first-order valence-corrected chi connectivity index (χ1v) is 7.81. The lowest BCUT2D eigenvalue weighted by Crippen LogP contribution is -2.29. The molecule has 1 amide bonds. The molecule has 0 atom stereocenters. The zero-order valence-electron chi connectivity index (χ0n) is 13.2. The van der Waals surface area contributed by atoms with Crippen LogP contribution in [0.2, 0.25) is 0 Å². The molecule has 116 valence electrons. The summed E-state index contributed by atoms with van der Waals surface area (Å²) in [6.45, 7) is 6.31. The predicted octanol–water partition coefficient (Wildman–Crippen LogP) is 2.15. The van der Waals surface area contributed by atoms with Gasteiger partial charge in [0.25, 0.3) is 0 Å². The highest BCUT2D eigenvalue weighted by Crippen LogP contribution is 2.18. The normalized spacial score (nSPS) is 15.1. The highest BCUT2D eigenvalue weighted by atomic mass is 16.5. The van der Waals surface area contributed by atoms with Crippen molar-refractivity contribution in [2.45, 2.75) is 32.6 Å². The van der Waals surface area contributed by atoms with E-state index in [1.807, 2.05) is 25.1 Å². The number of nitrogens with zero attached hydrogens (tertiary/aromatic N) is 1. The standard InChI is InChI=1S/C17H26N2O2/c1-14-12-15(6-7-16(14)21-2)13-17(20)18-8-5-11-19-9-3-4-10-19/h6-7,12H,3-5,8-11,13H2,1-2H3,(H,18,20). The molecule has 1 aliphatic rings. The Morgan fingerprint density at radius 2 is 2.10 bits per heavy atom. The monoisotopic (exact) mass is 290 g/mol. The summed E-state index contributed by atoms with van der Waals surface area (Å²) in [5.74, 6) is 0.964. The Morgan fingerprint density at radius 1 is 1.33 bits per heavy atom. The topological polar surface area (TPSA) is 41.6 Å². The van der Waals surface area contributed by atoms with Gasteiger partial charge in [0.1, 0.15) is 5.75 Å². The number of methoxy groups -OCH3 is 1. The maximum atomic E-state index is 11.9. The third-order valence-electron chi connectivity index (χ3n) is 4.00. The van der Waals surface area contributed by atoms with Crippen molar-refractivity contribution >= 4 is 5.91 Å². The lowest BCUT2D eigenvalue weighted by atomic mass is 10.1. The summed E-state index contributed by atoms with van der Waals surface area (Å²) in [5, 5.41) is 3.01. The smallest absolute Gasteiger partial charge is 0.224 e. The molecule has 1 aromatic rings. The van der Waals surface area contributed by atoms with E-state index in [1.165, 1.54) is 25.9 Å². The largest absolute Gasteiger partial charge is 0.496 e. The fourth-order valence-corrected chi connectivity index (χ4v) is 2.84. The highest BCUT2D eigenvalue weighted by molar-refractivity contribution is 5.78. The summed E-state index contributed by atoms with van der Waals surface area (Å²) in [4.78, 5) is 14.4. The van der Waals surface area contributed by atoms with E-state index >= 15 is 0 Å². The molecule has 0 saturated carbocycles. The number of carbonyl (C=O) groups is 1. The Morgan fingerprint density at radius 3 is 2.76 bits per heavy atom. The van der Waals surface area contributed by atoms with Crippen molar-refractivity contribution in [3.63, 3.8) is 0 Å². The van der Waals surface area contributed by atoms with Crippen LogP contribution in [-0.2, 0) is 11.2 Å². The SMILES string of the molecule is COc1ccc(CC(=O)NCCCN2CCCC2)cc1C. The fraction of sp³-hybridized carbons (Fsp3) is 0.588. The van der Waals surface area contributed by atoms with Crippen molar-refractivity contribution in [2.24, 2.45) is 0 Å². The lowest BCUT2D eigenvalue weighted by molar-refractivity contribution is -0.120. The molecule has 0 aromatic heterocycles. The van der Waals surface area contributed by atoms with Crippen molar-refractivity contribution in [3.05, 3.63) is 29.3 Å². The maximum absolute atomic E-state index is 11.9. The zero-order chi connectivity index (χ0) is 15.1. The molecule has 1 saturated heterocycles. The summed E-state index contributed by atoms with van der Waals surface area (Å²) >= 11 is 0. The molecule has 4 nitrogen and oxygen atoms in total. The fourth-order valence-electron chi connectivity index (χ4n) is 2.84. The van der Waals surface area contributed by atoms with E-state index in [1.54, 1.807) is 7.11 Å². The number of amides is 1. The maximum Gasteiger partial charge on any atom is 0.224 e. The number of ether oxygens (including phenoxy) is 1. The number of benzene rings is 1. The van der Waals surface area contributed by atoms with Crippen LogP contribution in [-0.4, -0.2) is 44.1 Å². The second kappa shape index (κ2) is 8.03. The van der Waals surface area contributed by atoms with Crippen LogP contribution in [0.3, 0.4) is 0 Å². The number of rotatable bonds is 7. The van der Waals surface area contributed by atoms with E-state index in [-0.39, 0.29) is 5.91 Å². The van der Waals surface area contributed by atoms with Gasteiger partial charge in [-0.25, -0.2) is 0 Å². The average molecular weight is 290 g/mol. The molecular weight excluding hydrogens is 264 g/mol. The molecule has 1 aliphatic heterocycles. The summed E-state index contributed by atoms with van der Waals surface area (Å²) < 4.78 is 5.23. The molecule has 1 aromatic carbocycles. The number of aryl methyl sites for hydroxylation is 1. The van der Waals surface area contributed by atoms with Gasteiger partial charge in [0, 0.05) is 6.54 Å². The molecule has 0 spiro atoms. The Kier molecular flexibility index (Phi) is 6.05. The number of likely N-dealkylation sites (tertiary alicyclic amines) is 1. The van der Waals surface area contributed by atoms with Crippen LogP contribution in [0.4, 0.5) is 0 Å². The predicted molar refractivity (Wildman–Crippen MR) is 84.7 cm³/mol. The summed E-state index contributed by atoms with van der Waals surface area (Å²) in [6, 6.07) is 5.89. The van der Waals surface area contributed by atoms with Gasteiger partial charge in [-0.15, -0.1) is 0 Å². The van der Waals surface area contributed by atoms with Crippen LogP contribution in [0.15, 0.2) is 18.2 Å². The van der Waals surface area contributed by atoms with Gasteiger partial charge in [-0.3, -0.25) is 4.79 Å². The first-order valence-electron chi connectivity index (χ1n) is 7.81. The van der Waals surface area contributed by atoms with Crippen molar-refractivity contribution in [2.75, 3.05) is 33.3 Å². The van der Waals surface area contributed by atoms with Gasteiger partial charge in [0.15, 0.2) is 0 Å². The van der Waals surface area contributed by atoms with Crippen molar-refractivity contribution in [3.8, 4) is 5.75 Å². The van der Waals surface area contributed by atoms with Crippen molar-refractivity contribution < 1.29 is 9.53 Å². The molecule has 0 bridgehead atoms. The summed E-state index contributed by atoms with van der Waals surface area (Å²) in [5.41, 5.74) is 2.10. The third kappa shape index (κ3) is 5.05. The quantitative estimate of drug-likeness (QED) is 0.782.